The molecule has 0 heterocycles. The molecule has 9 nitrogen and oxygen atoms in total. The molecule has 0 bridgehead atoms. The lowest BCUT2D eigenvalue weighted by Gasteiger charge is -2.14. The summed E-state index contributed by atoms with van der Waals surface area (Å²) in [6.07, 6.45) is -10.1. The van der Waals surface area contributed by atoms with E-state index in [0.717, 1.165) is 38.1 Å². The zero-order valence-electron chi connectivity index (χ0n) is 18.1. The van der Waals surface area contributed by atoms with E-state index in [0.29, 0.717) is 12.1 Å². The molecule has 18 heteroatoms. The number of aryl methyl sites for hydroxylation is 2. The lowest BCUT2D eigenvalue weighted by Crippen LogP contribution is -2.18. The molecule has 200 valence electrons. The van der Waals surface area contributed by atoms with E-state index in [4.69, 9.17) is 0 Å². The Balaban J connectivity index is 2.01. The van der Waals surface area contributed by atoms with Gasteiger partial charge in [0, 0.05) is 4.57 Å². The molecule has 2 aromatic carbocycles. The first-order valence-electron chi connectivity index (χ1n) is 9.23. The van der Waals surface area contributed by atoms with Crippen LogP contribution in [0.4, 0.5) is 26.3 Å². The SMILES string of the molecule is Cc1cccc(C(F)(F)F)c1S(=O)(=O)OCO[P+](=O)OCOS(=O)(=O)c1c(C)cccc1C(F)(F)F. The maximum Gasteiger partial charge on any atom is 0.702 e. The molecule has 0 amide bonds. The normalized spacial score (nSPS) is 13.1. The van der Waals surface area contributed by atoms with Gasteiger partial charge >= 0.3 is 20.6 Å². The predicted molar refractivity (Wildman–Crippen MR) is 108 cm³/mol. The van der Waals surface area contributed by atoms with Crippen molar-refractivity contribution in [1.82, 2.24) is 0 Å². The Morgan fingerprint density at radius 2 is 1.03 bits per heavy atom. The molecule has 2 rings (SSSR count). The second kappa shape index (κ2) is 11.1. The van der Waals surface area contributed by atoms with Crippen molar-refractivity contribution in [3.63, 3.8) is 0 Å². The Bertz CT molecular complexity index is 1240. The molecule has 0 aliphatic rings. The van der Waals surface area contributed by atoms with Crippen molar-refractivity contribution in [2.75, 3.05) is 13.6 Å². The number of benzene rings is 2. The molecule has 0 unspecified atom stereocenters. The van der Waals surface area contributed by atoms with Crippen LogP contribution >= 0.6 is 8.25 Å². The summed E-state index contributed by atoms with van der Waals surface area (Å²) in [4.78, 5) is -2.41. The zero-order chi connectivity index (χ0) is 27.5. The van der Waals surface area contributed by atoms with Crippen molar-refractivity contribution in [2.45, 2.75) is 36.0 Å². The zero-order valence-corrected chi connectivity index (χ0v) is 20.6. The number of halogens is 6. The van der Waals surface area contributed by atoms with Gasteiger partial charge in [0.1, 0.15) is 9.79 Å². The van der Waals surface area contributed by atoms with Crippen molar-refractivity contribution in [1.29, 1.82) is 0 Å². The fourth-order valence-corrected chi connectivity index (χ4v) is 5.74. The minimum Gasteiger partial charge on any atom is -0.232 e. The van der Waals surface area contributed by atoms with E-state index < -0.39 is 75.3 Å². The lowest BCUT2D eigenvalue weighted by molar-refractivity contribution is -0.140. The molecule has 0 spiro atoms. The van der Waals surface area contributed by atoms with E-state index in [1.807, 2.05) is 0 Å². The standard InChI is InChI=1S/C18H16F6O9PS2/c1-11-5-3-7-13(17(19,20)21)15(11)35(26,27)32-9-30-34(25)31-10-33-36(28,29)16-12(2)6-4-8-14(16)18(22,23)24/h3-8H,9-10H2,1-2H3/q+1. The van der Waals surface area contributed by atoms with Gasteiger partial charge in [0.2, 0.25) is 13.6 Å². The van der Waals surface area contributed by atoms with E-state index >= 15 is 0 Å². The average molecular weight is 585 g/mol. The molecule has 0 fully saturated rings. The van der Waals surface area contributed by atoms with Gasteiger partial charge in [0.25, 0.3) is 20.2 Å². The highest BCUT2D eigenvalue weighted by molar-refractivity contribution is 7.87. The molecule has 0 atom stereocenters. The van der Waals surface area contributed by atoms with E-state index in [-0.39, 0.29) is 11.1 Å². The molecule has 0 aliphatic heterocycles. The molecule has 0 N–H and O–H groups in total. The van der Waals surface area contributed by atoms with Crippen molar-refractivity contribution in [2.24, 2.45) is 0 Å². The van der Waals surface area contributed by atoms with Crippen LogP contribution in [0.25, 0.3) is 0 Å². The van der Waals surface area contributed by atoms with Gasteiger partial charge in [0.15, 0.2) is 0 Å². The predicted octanol–water partition coefficient (Wildman–Crippen LogP) is 5.06. The third-order valence-electron chi connectivity index (χ3n) is 4.26. The first kappa shape index (κ1) is 30.1. The molecule has 0 saturated heterocycles. The maximum atomic E-state index is 13.1. The monoisotopic (exact) mass is 585 g/mol. The molecule has 0 radical (unpaired) electrons. The fourth-order valence-electron chi connectivity index (χ4n) is 2.83. The molecular weight excluding hydrogens is 569 g/mol. The van der Waals surface area contributed by atoms with Gasteiger partial charge in [-0.1, -0.05) is 33.3 Å². The molecular formula is C18H16F6O9PS2+. The number of rotatable bonds is 10. The van der Waals surface area contributed by atoms with Crippen molar-refractivity contribution >= 4 is 28.5 Å². The number of alkyl halides is 6. The summed E-state index contributed by atoms with van der Waals surface area (Å²) in [5.41, 5.74) is -3.65. The Morgan fingerprint density at radius 1 is 0.694 bits per heavy atom. The average Bonchev–Trinajstić information content (AvgIpc) is 2.71. The second-order valence-electron chi connectivity index (χ2n) is 6.76. The van der Waals surface area contributed by atoms with Gasteiger partial charge in [0.05, 0.1) is 11.1 Å². The highest BCUT2D eigenvalue weighted by Crippen LogP contribution is 2.38. The molecule has 0 saturated carbocycles. The second-order valence-corrected chi connectivity index (χ2v) is 10.8. The minimum absolute atomic E-state index is 0.307. The van der Waals surface area contributed by atoms with E-state index in [1.54, 1.807) is 0 Å². The van der Waals surface area contributed by atoms with Crippen LogP contribution in [0, 0.1) is 13.8 Å². The van der Waals surface area contributed by atoms with Crippen LogP contribution in [0.1, 0.15) is 22.3 Å². The van der Waals surface area contributed by atoms with Crippen LogP contribution in [0.15, 0.2) is 46.2 Å². The van der Waals surface area contributed by atoms with E-state index in [1.165, 1.54) is 0 Å². The summed E-state index contributed by atoms with van der Waals surface area (Å²) in [6.45, 7) is -0.670. The smallest absolute Gasteiger partial charge is 0.232 e. The van der Waals surface area contributed by atoms with Crippen LogP contribution in [-0.2, 0) is 54.6 Å². The van der Waals surface area contributed by atoms with Crippen LogP contribution in [0.5, 0.6) is 0 Å². The number of hydrogen-bond donors (Lipinski definition) is 0. The van der Waals surface area contributed by atoms with Crippen LogP contribution in [0.3, 0.4) is 0 Å². The summed E-state index contributed by atoms with van der Waals surface area (Å²) in [7, 11) is -13.5. The van der Waals surface area contributed by atoms with Gasteiger partial charge in [-0.2, -0.15) is 43.2 Å². The summed E-state index contributed by atoms with van der Waals surface area (Å²) < 4.78 is 157. The molecule has 36 heavy (non-hydrogen) atoms. The maximum absolute atomic E-state index is 13.1. The Labute approximate surface area is 202 Å². The Kier molecular flexibility index (Phi) is 9.26. The summed E-state index contributed by atoms with van der Waals surface area (Å²) in [6, 6.07) is 5.11. The van der Waals surface area contributed by atoms with E-state index in [9.17, 15) is 47.7 Å². The summed E-state index contributed by atoms with van der Waals surface area (Å²) >= 11 is 0. The first-order chi connectivity index (χ1) is 16.4. The largest absolute Gasteiger partial charge is 0.702 e. The van der Waals surface area contributed by atoms with Gasteiger partial charge < -0.3 is 0 Å². The Morgan fingerprint density at radius 3 is 1.33 bits per heavy atom. The van der Waals surface area contributed by atoms with Crippen molar-refractivity contribution in [3.05, 3.63) is 58.7 Å². The molecule has 2 aromatic rings. The van der Waals surface area contributed by atoms with Crippen LogP contribution < -0.4 is 0 Å². The minimum atomic E-state index is -5.07. The van der Waals surface area contributed by atoms with Crippen molar-refractivity contribution < 1.29 is 65.2 Å². The fraction of sp³-hybridized carbons (Fsp3) is 0.333. The molecule has 0 aromatic heterocycles. The quantitative estimate of drug-likeness (QED) is 0.163. The van der Waals surface area contributed by atoms with E-state index in [2.05, 4.69) is 17.4 Å². The summed E-state index contributed by atoms with van der Waals surface area (Å²) in [5.74, 6) is 0. The van der Waals surface area contributed by atoms with Gasteiger partial charge in [-0.25, -0.2) is 8.37 Å². The topological polar surface area (TPSA) is 122 Å². The lowest BCUT2D eigenvalue weighted by atomic mass is 10.1. The van der Waals surface area contributed by atoms with Gasteiger partial charge in [-0.05, 0) is 37.1 Å². The van der Waals surface area contributed by atoms with Crippen LogP contribution in [0.2, 0.25) is 0 Å². The first-order valence-corrected chi connectivity index (χ1v) is 13.1. The van der Waals surface area contributed by atoms with Crippen molar-refractivity contribution in [3.8, 4) is 0 Å². The third kappa shape index (κ3) is 7.44. The third-order valence-corrected chi connectivity index (χ3v) is 7.79. The Hall–Kier alpha value is -2.14. The van der Waals surface area contributed by atoms with Gasteiger partial charge in [-0.15, -0.1) is 0 Å². The highest BCUT2D eigenvalue weighted by atomic mass is 32.2. The van der Waals surface area contributed by atoms with Crippen LogP contribution in [-0.4, -0.2) is 30.4 Å². The highest BCUT2D eigenvalue weighted by Gasteiger charge is 2.40. The molecule has 0 aliphatic carbocycles. The number of hydrogen-bond acceptors (Lipinski definition) is 9. The van der Waals surface area contributed by atoms with Gasteiger partial charge in [-0.3, -0.25) is 0 Å². The summed E-state index contributed by atoms with van der Waals surface area (Å²) in [5, 5.41) is 0.